The first-order chi connectivity index (χ1) is 6.32. The molecule has 0 radical (unpaired) electrons. The summed E-state index contributed by atoms with van der Waals surface area (Å²) < 4.78 is 48.0. The smallest absolute Gasteiger partial charge is 0.350 e. The van der Waals surface area contributed by atoms with Crippen LogP contribution in [0.2, 0.25) is 0 Å². The predicted octanol–water partition coefficient (Wildman–Crippen LogP) is 2.05. The molecule has 0 saturated heterocycles. The molecule has 0 saturated carbocycles. The van der Waals surface area contributed by atoms with E-state index in [-0.39, 0.29) is 12.5 Å². The lowest BCUT2D eigenvalue weighted by atomic mass is 10.1. The first-order valence-corrected chi connectivity index (χ1v) is 4.26. The van der Waals surface area contributed by atoms with Crippen LogP contribution in [0.4, 0.5) is 17.6 Å². The summed E-state index contributed by atoms with van der Waals surface area (Å²) in [5.41, 5.74) is 0. The van der Waals surface area contributed by atoms with Gasteiger partial charge in [-0.05, 0) is 5.92 Å². The molecule has 0 aromatic heterocycles. The second kappa shape index (κ2) is 5.17. The molecule has 0 aliphatic rings. The first-order valence-electron chi connectivity index (χ1n) is 4.26. The molecule has 1 unspecified atom stereocenters. The van der Waals surface area contributed by atoms with Gasteiger partial charge in [-0.1, -0.05) is 20.3 Å². The Hall–Kier alpha value is -0.810. The van der Waals surface area contributed by atoms with Crippen molar-refractivity contribution in [3.05, 3.63) is 0 Å². The molecule has 1 amide bonds. The van der Waals surface area contributed by atoms with Crippen molar-refractivity contribution in [3.63, 3.8) is 0 Å². The van der Waals surface area contributed by atoms with Crippen LogP contribution >= 0.6 is 0 Å². The van der Waals surface area contributed by atoms with E-state index in [0.29, 0.717) is 6.42 Å². The Morgan fingerprint density at radius 2 is 1.93 bits per heavy atom. The van der Waals surface area contributed by atoms with Crippen LogP contribution in [0, 0.1) is 5.92 Å². The van der Waals surface area contributed by atoms with Gasteiger partial charge in [0.05, 0.1) is 0 Å². The van der Waals surface area contributed by atoms with Crippen molar-refractivity contribution in [2.24, 2.45) is 5.92 Å². The Morgan fingerprint density at radius 3 is 2.29 bits per heavy atom. The van der Waals surface area contributed by atoms with Gasteiger partial charge in [-0.15, -0.1) is 0 Å². The zero-order valence-electron chi connectivity index (χ0n) is 7.99. The molecule has 0 aliphatic carbocycles. The highest BCUT2D eigenvalue weighted by molar-refractivity contribution is 5.83. The van der Waals surface area contributed by atoms with Crippen LogP contribution in [0.5, 0.6) is 0 Å². The van der Waals surface area contributed by atoms with Gasteiger partial charge in [-0.25, -0.2) is 8.78 Å². The van der Waals surface area contributed by atoms with Gasteiger partial charge in [0.15, 0.2) is 0 Å². The van der Waals surface area contributed by atoms with Gasteiger partial charge in [0.25, 0.3) is 5.91 Å². The van der Waals surface area contributed by atoms with Crippen LogP contribution in [0.25, 0.3) is 0 Å². The van der Waals surface area contributed by atoms with Crippen molar-refractivity contribution < 1.29 is 22.4 Å². The van der Waals surface area contributed by atoms with Gasteiger partial charge in [-0.2, -0.15) is 8.78 Å². The maximum Gasteiger partial charge on any atom is 0.383 e. The largest absolute Gasteiger partial charge is 0.383 e. The molecule has 0 aromatic carbocycles. The second-order valence-corrected chi connectivity index (χ2v) is 3.15. The normalized spacial score (nSPS) is 14.2. The number of carbonyl (C=O) groups excluding carboxylic acids is 1. The van der Waals surface area contributed by atoms with Crippen LogP contribution < -0.4 is 5.32 Å². The molecule has 2 nitrogen and oxygen atoms in total. The van der Waals surface area contributed by atoms with Crippen molar-refractivity contribution in [1.82, 2.24) is 5.32 Å². The van der Waals surface area contributed by atoms with E-state index in [1.807, 2.05) is 6.92 Å². The number of carbonyl (C=O) groups is 1. The Morgan fingerprint density at radius 1 is 1.43 bits per heavy atom. The van der Waals surface area contributed by atoms with Crippen molar-refractivity contribution in [3.8, 4) is 0 Å². The third-order valence-electron chi connectivity index (χ3n) is 1.88. The second-order valence-electron chi connectivity index (χ2n) is 3.15. The van der Waals surface area contributed by atoms with Gasteiger partial charge in [0, 0.05) is 6.54 Å². The number of nitrogens with one attached hydrogen (secondary N) is 1. The summed E-state index contributed by atoms with van der Waals surface area (Å²) in [5, 5.41) is 1.79. The van der Waals surface area contributed by atoms with Crippen LogP contribution in [0.3, 0.4) is 0 Å². The number of alkyl halides is 4. The Bertz CT molecular complexity index is 196. The van der Waals surface area contributed by atoms with Gasteiger partial charge < -0.3 is 5.32 Å². The van der Waals surface area contributed by atoms with Gasteiger partial charge in [0.2, 0.25) is 0 Å². The molecule has 0 rings (SSSR count). The minimum absolute atomic E-state index is 0.00702. The molecule has 14 heavy (non-hydrogen) atoms. The SMILES string of the molecule is CCC(C)CNC(=O)C(F)(F)C(F)F. The zero-order valence-corrected chi connectivity index (χ0v) is 7.99. The van der Waals surface area contributed by atoms with Crippen molar-refractivity contribution in [2.45, 2.75) is 32.6 Å². The fourth-order valence-electron chi connectivity index (χ4n) is 0.628. The van der Waals surface area contributed by atoms with E-state index in [9.17, 15) is 22.4 Å². The Labute approximate surface area is 79.7 Å². The third kappa shape index (κ3) is 3.51. The van der Waals surface area contributed by atoms with Crippen LogP contribution in [-0.4, -0.2) is 24.8 Å². The molecule has 0 bridgehead atoms. The van der Waals surface area contributed by atoms with Crippen molar-refractivity contribution in [1.29, 1.82) is 0 Å². The summed E-state index contributed by atoms with van der Waals surface area (Å²) in [6.45, 7) is 3.51. The van der Waals surface area contributed by atoms with Crippen LogP contribution in [-0.2, 0) is 4.79 Å². The molecule has 84 valence electrons. The topological polar surface area (TPSA) is 29.1 Å². The average Bonchev–Trinajstić information content (AvgIpc) is 2.12. The van der Waals surface area contributed by atoms with Crippen molar-refractivity contribution in [2.75, 3.05) is 6.54 Å². The average molecular weight is 215 g/mol. The van der Waals surface area contributed by atoms with E-state index >= 15 is 0 Å². The molecule has 0 fully saturated rings. The van der Waals surface area contributed by atoms with Crippen LogP contribution in [0.15, 0.2) is 0 Å². The monoisotopic (exact) mass is 215 g/mol. The molecular formula is C8H13F4NO. The summed E-state index contributed by atoms with van der Waals surface area (Å²) in [6, 6.07) is 0. The quantitative estimate of drug-likeness (QED) is 0.699. The van der Waals surface area contributed by atoms with E-state index in [1.165, 1.54) is 0 Å². The summed E-state index contributed by atoms with van der Waals surface area (Å²) in [6.07, 6.45) is -3.28. The molecular weight excluding hydrogens is 202 g/mol. The van der Waals surface area contributed by atoms with E-state index in [0.717, 1.165) is 0 Å². The standard InChI is InChI=1S/C8H13F4NO/c1-3-5(2)4-13-7(14)8(11,12)6(9)10/h5-6H,3-4H2,1-2H3,(H,13,14). The first kappa shape index (κ1) is 13.2. The summed E-state index contributed by atoms with van der Waals surface area (Å²) in [5.74, 6) is -6.51. The number of halogens is 4. The highest BCUT2D eigenvalue weighted by atomic mass is 19.3. The molecule has 0 aromatic rings. The van der Waals surface area contributed by atoms with E-state index in [2.05, 4.69) is 0 Å². The summed E-state index contributed by atoms with van der Waals surface area (Å²) >= 11 is 0. The lowest BCUT2D eigenvalue weighted by Gasteiger charge is -2.16. The van der Waals surface area contributed by atoms with E-state index < -0.39 is 18.3 Å². The van der Waals surface area contributed by atoms with E-state index in [1.54, 1.807) is 12.2 Å². The number of rotatable bonds is 5. The van der Waals surface area contributed by atoms with Crippen molar-refractivity contribution >= 4 is 5.91 Å². The lowest BCUT2D eigenvalue weighted by molar-refractivity contribution is -0.169. The molecule has 0 heterocycles. The lowest BCUT2D eigenvalue weighted by Crippen LogP contribution is -2.46. The highest BCUT2D eigenvalue weighted by Gasteiger charge is 2.48. The number of hydrogen-bond donors (Lipinski definition) is 1. The molecule has 0 aliphatic heterocycles. The fraction of sp³-hybridized carbons (Fsp3) is 0.875. The minimum Gasteiger partial charge on any atom is -0.350 e. The molecule has 0 spiro atoms. The van der Waals surface area contributed by atoms with Gasteiger partial charge in [0.1, 0.15) is 0 Å². The Kier molecular flexibility index (Phi) is 4.87. The van der Waals surface area contributed by atoms with Gasteiger partial charge in [-0.3, -0.25) is 4.79 Å². The molecule has 1 N–H and O–H groups in total. The summed E-state index contributed by atoms with van der Waals surface area (Å²) in [7, 11) is 0. The zero-order chi connectivity index (χ0) is 11.4. The van der Waals surface area contributed by atoms with Crippen LogP contribution in [0.1, 0.15) is 20.3 Å². The minimum atomic E-state index is -4.59. The number of hydrogen-bond acceptors (Lipinski definition) is 1. The molecule has 1 atom stereocenters. The molecule has 6 heteroatoms. The maximum absolute atomic E-state index is 12.3. The highest BCUT2D eigenvalue weighted by Crippen LogP contribution is 2.22. The Balaban J connectivity index is 4.08. The van der Waals surface area contributed by atoms with Gasteiger partial charge >= 0.3 is 12.3 Å². The van der Waals surface area contributed by atoms with E-state index in [4.69, 9.17) is 0 Å². The maximum atomic E-state index is 12.3. The summed E-state index contributed by atoms with van der Waals surface area (Å²) in [4.78, 5) is 10.6. The third-order valence-corrected chi connectivity index (χ3v) is 1.88. The predicted molar refractivity (Wildman–Crippen MR) is 43.4 cm³/mol. The fourth-order valence-corrected chi connectivity index (χ4v) is 0.628. The number of amides is 1.